The minimum atomic E-state index is 0.378. The summed E-state index contributed by atoms with van der Waals surface area (Å²) in [5, 5.41) is 1.24. The Morgan fingerprint density at radius 2 is 1.53 bits per heavy atom. The van der Waals surface area contributed by atoms with Crippen molar-refractivity contribution < 1.29 is 4.74 Å². The van der Waals surface area contributed by atoms with Crippen molar-refractivity contribution in [2.45, 2.75) is 39.0 Å². The van der Waals surface area contributed by atoms with E-state index in [1.165, 1.54) is 25.7 Å². The topological polar surface area (TPSA) is 9.23 Å². The van der Waals surface area contributed by atoms with Crippen molar-refractivity contribution in [3.8, 4) is 5.75 Å². The molecule has 4 heteroatoms. The summed E-state index contributed by atoms with van der Waals surface area (Å²) in [4.78, 5) is 0. The first kappa shape index (κ1) is 14.9. The van der Waals surface area contributed by atoms with Gasteiger partial charge in [-0.15, -0.1) is 0 Å². The Hall–Kier alpha value is -0.110. The van der Waals surface area contributed by atoms with Crippen LogP contribution < -0.4 is 4.74 Å². The summed E-state index contributed by atoms with van der Waals surface area (Å²) in [6, 6.07) is 3.39. The van der Waals surface area contributed by atoms with Crippen molar-refractivity contribution in [3.63, 3.8) is 0 Å². The standard InChI is InChI=1S/C13H17Cl3O/c1-2-3-4-5-6-7-17-10-8-11(14)13(16)12(15)9-10/h8-9H,2-7H2,1H3. The molecule has 0 unspecified atom stereocenters. The van der Waals surface area contributed by atoms with Gasteiger partial charge in [0.15, 0.2) is 0 Å². The molecule has 0 amide bonds. The number of rotatable bonds is 7. The van der Waals surface area contributed by atoms with Gasteiger partial charge in [0.2, 0.25) is 0 Å². The molecule has 96 valence electrons. The van der Waals surface area contributed by atoms with Crippen molar-refractivity contribution in [2.75, 3.05) is 6.61 Å². The SMILES string of the molecule is CCCCCCCOc1cc(Cl)c(Cl)c(Cl)c1. The van der Waals surface area contributed by atoms with Crippen LogP contribution in [0.2, 0.25) is 15.1 Å². The smallest absolute Gasteiger partial charge is 0.122 e. The molecular weight excluding hydrogens is 279 g/mol. The Kier molecular flexibility index (Phi) is 7.10. The van der Waals surface area contributed by atoms with Gasteiger partial charge in [0, 0.05) is 12.1 Å². The molecule has 0 radical (unpaired) electrons. The van der Waals surface area contributed by atoms with Gasteiger partial charge in [-0.2, -0.15) is 0 Å². The summed E-state index contributed by atoms with van der Waals surface area (Å²) in [6.07, 6.45) is 6.06. The second-order valence-electron chi connectivity index (χ2n) is 3.96. The predicted molar refractivity (Wildman–Crippen MR) is 75.7 cm³/mol. The third-order valence-corrected chi connectivity index (χ3v) is 3.67. The van der Waals surface area contributed by atoms with E-state index >= 15 is 0 Å². The lowest BCUT2D eigenvalue weighted by Gasteiger charge is -2.08. The van der Waals surface area contributed by atoms with Crippen molar-refractivity contribution in [1.82, 2.24) is 0 Å². The lowest BCUT2D eigenvalue weighted by molar-refractivity contribution is 0.304. The Labute approximate surface area is 118 Å². The molecular formula is C13H17Cl3O. The van der Waals surface area contributed by atoms with E-state index in [9.17, 15) is 0 Å². The molecule has 0 saturated heterocycles. The van der Waals surface area contributed by atoms with Crippen molar-refractivity contribution >= 4 is 34.8 Å². The molecule has 0 bridgehead atoms. The third kappa shape index (κ3) is 5.37. The molecule has 0 fully saturated rings. The van der Waals surface area contributed by atoms with E-state index < -0.39 is 0 Å². The van der Waals surface area contributed by atoms with Gasteiger partial charge < -0.3 is 4.74 Å². The number of hydrogen-bond donors (Lipinski definition) is 0. The minimum absolute atomic E-state index is 0.378. The van der Waals surface area contributed by atoms with Crippen LogP contribution in [0.25, 0.3) is 0 Å². The zero-order valence-electron chi connectivity index (χ0n) is 9.94. The van der Waals surface area contributed by atoms with Gasteiger partial charge in [0.1, 0.15) is 5.75 Å². The fourth-order valence-corrected chi connectivity index (χ4v) is 2.09. The maximum absolute atomic E-state index is 5.90. The van der Waals surface area contributed by atoms with Gasteiger partial charge in [-0.25, -0.2) is 0 Å². The van der Waals surface area contributed by atoms with Crippen LogP contribution in [0.4, 0.5) is 0 Å². The summed E-state index contributed by atoms with van der Waals surface area (Å²) in [7, 11) is 0. The quantitative estimate of drug-likeness (QED) is 0.443. The molecule has 1 rings (SSSR count). The molecule has 0 N–H and O–H groups in total. The summed E-state index contributed by atoms with van der Waals surface area (Å²) >= 11 is 17.7. The van der Waals surface area contributed by atoms with Crippen molar-refractivity contribution in [1.29, 1.82) is 0 Å². The fourth-order valence-electron chi connectivity index (χ4n) is 1.51. The number of ether oxygens (including phenoxy) is 1. The monoisotopic (exact) mass is 294 g/mol. The number of benzene rings is 1. The Balaban J connectivity index is 2.32. The van der Waals surface area contributed by atoms with Gasteiger partial charge in [-0.05, 0) is 6.42 Å². The number of hydrogen-bond acceptors (Lipinski definition) is 1. The highest BCUT2D eigenvalue weighted by Gasteiger charge is 2.06. The molecule has 0 aromatic heterocycles. The summed E-state index contributed by atoms with van der Waals surface area (Å²) in [5.41, 5.74) is 0. The van der Waals surface area contributed by atoms with Crippen LogP contribution in [-0.4, -0.2) is 6.61 Å². The summed E-state index contributed by atoms with van der Waals surface area (Å²) < 4.78 is 5.58. The molecule has 0 heterocycles. The van der Waals surface area contributed by atoms with Gasteiger partial charge in [-0.3, -0.25) is 0 Å². The van der Waals surface area contributed by atoms with Gasteiger partial charge >= 0.3 is 0 Å². The maximum atomic E-state index is 5.90. The van der Waals surface area contributed by atoms with E-state index in [0.717, 1.165) is 6.42 Å². The molecule has 17 heavy (non-hydrogen) atoms. The Morgan fingerprint density at radius 3 is 2.12 bits per heavy atom. The van der Waals surface area contributed by atoms with Crippen LogP contribution >= 0.6 is 34.8 Å². The molecule has 0 aliphatic carbocycles. The van der Waals surface area contributed by atoms with Crippen molar-refractivity contribution in [3.05, 3.63) is 27.2 Å². The zero-order chi connectivity index (χ0) is 12.7. The van der Waals surface area contributed by atoms with Crippen LogP contribution in [0, 0.1) is 0 Å². The van der Waals surface area contributed by atoms with Crippen LogP contribution in [0.5, 0.6) is 5.75 Å². The van der Waals surface area contributed by atoms with Gasteiger partial charge in [0.25, 0.3) is 0 Å². The van der Waals surface area contributed by atoms with E-state index in [4.69, 9.17) is 39.5 Å². The van der Waals surface area contributed by atoms with E-state index in [1.54, 1.807) is 12.1 Å². The lowest BCUT2D eigenvalue weighted by Crippen LogP contribution is -1.97. The zero-order valence-corrected chi connectivity index (χ0v) is 12.2. The predicted octanol–water partition coefficient (Wildman–Crippen LogP) is 6.00. The van der Waals surface area contributed by atoms with Gasteiger partial charge in [-0.1, -0.05) is 67.4 Å². The van der Waals surface area contributed by atoms with E-state index in [0.29, 0.717) is 27.4 Å². The molecule has 0 saturated carbocycles. The summed E-state index contributed by atoms with van der Waals surface area (Å²) in [5.74, 6) is 0.680. The number of unbranched alkanes of at least 4 members (excludes halogenated alkanes) is 4. The fraction of sp³-hybridized carbons (Fsp3) is 0.538. The second kappa shape index (κ2) is 8.07. The maximum Gasteiger partial charge on any atom is 0.122 e. The van der Waals surface area contributed by atoms with E-state index in [-0.39, 0.29) is 0 Å². The first-order valence-corrected chi connectivity index (χ1v) is 7.06. The highest BCUT2D eigenvalue weighted by Crippen LogP contribution is 2.34. The minimum Gasteiger partial charge on any atom is -0.493 e. The first-order valence-electron chi connectivity index (χ1n) is 5.92. The number of halogens is 3. The Morgan fingerprint density at radius 1 is 0.941 bits per heavy atom. The largest absolute Gasteiger partial charge is 0.493 e. The third-order valence-electron chi connectivity index (χ3n) is 2.47. The summed E-state index contributed by atoms with van der Waals surface area (Å²) in [6.45, 7) is 2.90. The normalized spacial score (nSPS) is 10.6. The average molecular weight is 296 g/mol. The molecule has 0 spiro atoms. The molecule has 1 nitrogen and oxygen atoms in total. The highest BCUT2D eigenvalue weighted by molar-refractivity contribution is 6.48. The van der Waals surface area contributed by atoms with Crippen molar-refractivity contribution in [2.24, 2.45) is 0 Å². The molecule has 0 aliphatic heterocycles. The Bertz CT molecular complexity index is 330. The average Bonchev–Trinajstić information content (AvgIpc) is 2.30. The van der Waals surface area contributed by atoms with Gasteiger partial charge in [0.05, 0.1) is 21.7 Å². The van der Waals surface area contributed by atoms with Crippen LogP contribution in [0.3, 0.4) is 0 Å². The lowest BCUT2D eigenvalue weighted by atomic mass is 10.2. The molecule has 1 aromatic carbocycles. The van der Waals surface area contributed by atoms with E-state index in [2.05, 4.69) is 6.92 Å². The van der Waals surface area contributed by atoms with Crippen LogP contribution in [0.1, 0.15) is 39.0 Å². The molecule has 0 atom stereocenters. The molecule has 1 aromatic rings. The first-order chi connectivity index (χ1) is 8.15. The van der Waals surface area contributed by atoms with E-state index in [1.807, 2.05) is 0 Å². The highest BCUT2D eigenvalue weighted by atomic mass is 35.5. The second-order valence-corrected chi connectivity index (χ2v) is 5.16. The van der Waals surface area contributed by atoms with Crippen LogP contribution in [-0.2, 0) is 0 Å². The molecule has 0 aliphatic rings. The van der Waals surface area contributed by atoms with Crippen LogP contribution in [0.15, 0.2) is 12.1 Å².